The van der Waals surface area contributed by atoms with Gasteiger partial charge in [-0.1, -0.05) is 24.3 Å². The van der Waals surface area contributed by atoms with Crippen LogP contribution in [0.3, 0.4) is 0 Å². The van der Waals surface area contributed by atoms with E-state index >= 15 is 0 Å². The van der Waals surface area contributed by atoms with Crippen LogP contribution >= 0.6 is 0 Å². The molecule has 38 heavy (non-hydrogen) atoms. The number of carbonyl (C=O) groups is 2. The summed E-state index contributed by atoms with van der Waals surface area (Å²) in [6, 6.07) is 15.3. The van der Waals surface area contributed by atoms with Crippen LogP contribution in [-0.4, -0.2) is 63.3 Å². The zero-order chi connectivity index (χ0) is 26.9. The van der Waals surface area contributed by atoms with Crippen molar-refractivity contribution in [3.8, 4) is 11.1 Å². The lowest BCUT2D eigenvalue weighted by atomic mass is 10.1. The van der Waals surface area contributed by atoms with Crippen molar-refractivity contribution in [3.63, 3.8) is 0 Å². The molecule has 4 aromatic rings. The highest BCUT2D eigenvalue weighted by molar-refractivity contribution is 6.05. The van der Waals surface area contributed by atoms with Gasteiger partial charge in [0, 0.05) is 37.9 Å². The Morgan fingerprint density at radius 2 is 1.76 bits per heavy atom. The molecule has 196 valence electrons. The smallest absolute Gasteiger partial charge is 0.410 e. The molecular weight excluding hydrogens is 487 g/mol. The molecule has 0 aliphatic carbocycles. The average Bonchev–Trinajstić information content (AvgIpc) is 3.31. The summed E-state index contributed by atoms with van der Waals surface area (Å²) in [7, 11) is 0. The SMILES string of the molecule is CC(C)(C)OC(=O)N1CCN(c2ccccc2NC(=O)c2ccn3ncc(-c4cccc(F)c4)c3n2)CC1. The molecule has 0 atom stereocenters. The number of halogens is 1. The minimum absolute atomic E-state index is 0.209. The number of anilines is 2. The molecule has 0 spiro atoms. The third-order valence-corrected chi connectivity index (χ3v) is 6.16. The van der Waals surface area contributed by atoms with Crippen molar-refractivity contribution in [2.45, 2.75) is 26.4 Å². The van der Waals surface area contributed by atoms with Crippen molar-refractivity contribution < 1.29 is 18.7 Å². The summed E-state index contributed by atoms with van der Waals surface area (Å²) >= 11 is 0. The molecule has 0 radical (unpaired) electrons. The van der Waals surface area contributed by atoms with Gasteiger partial charge >= 0.3 is 6.09 Å². The summed E-state index contributed by atoms with van der Waals surface area (Å²) in [5.74, 6) is -0.738. The van der Waals surface area contributed by atoms with Gasteiger partial charge in [0.05, 0.1) is 17.6 Å². The highest BCUT2D eigenvalue weighted by Crippen LogP contribution is 2.28. The van der Waals surface area contributed by atoms with Gasteiger partial charge < -0.3 is 19.9 Å². The third kappa shape index (κ3) is 5.44. The van der Waals surface area contributed by atoms with E-state index in [4.69, 9.17) is 4.74 Å². The molecule has 5 rings (SSSR count). The summed E-state index contributed by atoms with van der Waals surface area (Å²) in [4.78, 5) is 34.0. The molecule has 1 aliphatic heterocycles. The molecule has 2 aromatic carbocycles. The van der Waals surface area contributed by atoms with Gasteiger partial charge in [-0.15, -0.1) is 0 Å². The lowest BCUT2D eigenvalue weighted by Crippen LogP contribution is -2.50. The molecule has 9 nitrogen and oxygen atoms in total. The number of para-hydroxylation sites is 2. The van der Waals surface area contributed by atoms with Crippen LogP contribution in [0.25, 0.3) is 16.8 Å². The van der Waals surface area contributed by atoms with E-state index in [1.54, 1.807) is 40.0 Å². The van der Waals surface area contributed by atoms with Crippen LogP contribution in [0.5, 0.6) is 0 Å². The maximum Gasteiger partial charge on any atom is 0.410 e. The molecular formula is C28H29FN6O3. The lowest BCUT2D eigenvalue weighted by Gasteiger charge is -2.37. The standard InChI is InChI=1S/C28H29FN6O3/c1-28(2,3)38-27(37)34-15-13-33(14-16-34)24-10-5-4-9-22(24)32-26(36)23-11-12-35-25(31-23)21(18-30-35)19-7-6-8-20(29)17-19/h4-12,17-18H,13-16H2,1-3H3,(H,32,36). The average molecular weight is 517 g/mol. The van der Waals surface area contributed by atoms with E-state index in [1.165, 1.54) is 12.1 Å². The van der Waals surface area contributed by atoms with E-state index in [-0.39, 0.29) is 23.5 Å². The topological polar surface area (TPSA) is 92.1 Å². The number of aromatic nitrogens is 3. The number of nitrogens with one attached hydrogen (secondary N) is 1. The maximum atomic E-state index is 13.8. The van der Waals surface area contributed by atoms with Crippen molar-refractivity contribution in [3.05, 3.63) is 78.5 Å². The number of carbonyl (C=O) groups excluding carboxylic acids is 2. The van der Waals surface area contributed by atoms with Crippen LogP contribution in [0.1, 0.15) is 31.3 Å². The monoisotopic (exact) mass is 516 g/mol. The summed E-state index contributed by atoms with van der Waals surface area (Å²) in [6.45, 7) is 7.77. The van der Waals surface area contributed by atoms with Crippen LogP contribution in [0.4, 0.5) is 20.6 Å². The number of piperazine rings is 1. The number of rotatable bonds is 4. The van der Waals surface area contributed by atoms with Crippen LogP contribution in [0.15, 0.2) is 67.0 Å². The zero-order valence-corrected chi connectivity index (χ0v) is 21.5. The van der Waals surface area contributed by atoms with E-state index in [2.05, 4.69) is 20.3 Å². The Hall–Kier alpha value is -4.47. The van der Waals surface area contributed by atoms with Gasteiger partial charge in [0.2, 0.25) is 0 Å². The third-order valence-electron chi connectivity index (χ3n) is 6.16. The molecule has 0 unspecified atom stereocenters. The Kier molecular flexibility index (Phi) is 6.71. The van der Waals surface area contributed by atoms with E-state index in [1.807, 2.05) is 45.0 Å². The predicted octanol–water partition coefficient (Wildman–Crippen LogP) is 4.84. The van der Waals surface area contributed by atoms with Crippen molar-refractivity contribution in [1.29, 1.82) is 0 Å². The normalized spacial score (nSPS) is 14.0. The quantitative estimate of drug-likeness (QED) is 0.417. The Balaban J connectivity index is 1.32. The molecule has 1 fully saturated rings. The predicted molar refractivity (Wildman–Crippen MR) is 143 cm³/mol. The summed E-state index contributed by atoms with van der Waals surface area (Å²) in [6.07, 6.45) is 2.94. The first-order chi connectivity index (χ1) is 18.2. The Morgan fingerprint density at radius 3 is 2.50 bits per heavy atom. The van der Waals surface area contributed by atoms with E-state index in [9.17, 15) is 14.0 Å². The Labute approximate surface area is 219 Å². The number of hydrogen-bond acceptors (Lipinski definition) is 6. The molecule has 3 heterocycles. The second-order valence-corrected chi connectivity index (χ2v) is 10.1. The van der Waals surface area contributed by atoms with Gasteiger partial charge in [-0.25, -0.2) is 18.7 Å². The summed E-state index contributed by atoms with van der Waals surface area (Å²) < 4.78 is 20.8. The fraction of sp³-hybridized carbons (Fsp3) is 0.286. The highest BCUT2D eigenvalue weighted by Gasteiger charge is 2.27. The van der Waals surface area contributed by atoms with Crippen molar-refractivity contribution >= 4 is 29.0 Å². The minimum Gasteiger partial charge on any atom is -0.444 e. The second-order valence-electron chi connectivity index (χ2n) is 10.1. The number of amides is 2. The van der Waals surface area contributed by atoms with Crippen LogP contribution < -0.4 is 10.2 Å². The van der Waals surface area contributed by atoms with Crippen LogP contribution in [0.2, 0.25) is 0 Å². The largest absolute Gasteiger partial charge is 0.444 e. The molecule has 1 aliphatic rings. The van der Waals surface area contributed by atoms with Gasteiger partial charge in [-0.2, -0.15) is 5.10 Å². The molecule has 0 bridgehead atoms. The number of fused-ring (bicyclic) bond motifs is 1. The fourth-order valence-electron chi connectivity index (χ4n) is 4.35. The molecule has 2 amide bonds. The Morgan fingerprint density at radius 1 is 1.00 bits per heavy atom. The van der Waals surface area contributed by atoms with Crippen LogP contribution in [0, 0.1) is 5.82 Å². The Bertz CT molecular complexity index is 1490. The minimum atomic E-state index is -0.545. The number of ether oxygens (including phenoxy) is 1. The van der Waals surface area contributed by atoms with Gasteiger partial charge in [0.25, 0.3) is 5.91 Å². The summed E-state index contributed by atoms with van der Waals surface area (Å²) in [5.41, 5.74) is 2.87. The van der Waals surface area contributed by atoms with Crippen molar-refractivity contribution in [2.75, 3.05) is 36.4 Å². The maximum absolute atomic E-state index is 13.8. The fourth-order valence-corrected chi connectivity index (χ4v) is 4.35. The molecule has 0 saturated carbocycles. The van der Waals surface area contributed by atoms with Crippen LogP contribution in [-0.2, 0) is 4.74 Å². The first-order valence-corrected chi connectivity index (χ1v) is 12.4. The van der Waals surface area contributed by atoms with Gasteiger partial charge in [0.1, 0.15) is 17.1 Å². The molecule has 1 N–H and O–H groups in total. The van der Waals surface area contributed by atoms with Crippen molar-refractivity contribution in [2.24, 2.45) is 0 Å². The molecule has 1 saturated heterocycles. The van der Waals surface area contributed by atoms with Crippen molar-refractivity contribution in [1.82, 2.24) is 19.5 Å². The first-order valence-electron chi connectivity index (χ1n) is 12.4. The lowest BCUT2D eigenvalue weighted by molar-refractivity contribution is 0.0240. The number of nitrogens with zero attached hydrogens (tertiary/aromatic N) is 5. The second kappa shape index (κ2) is 10.1. The van der Waals surface area contributed by atoms with Gasteiger partial charge in [0.15, 0.2) is 5.65 Å². The number of hydrogen-bond donors (Lipinski definition) is 1. The molecule has 10 heteroatoms. The van der Waals surface area contributed by atoms with Gasteiger partial charge in [-0.3, -0.25) is 4.79 Å². The molecule has 2 aromatic heterocycles. The summed E-state index contributed by atoms with van der Waals surface area (Å²) in [5, 5.41) is 7.26. The zero-order valence-electron chi connectivity index (χ0n) is 21.5. The highest BCUT2D eigenvalue weighted by atomic mass is 19.1. The first kappa shape index (κ1) is 25.2. The van der Waals surface area contributed by atoms with E-state index in [0.717, 1.165) is 5.69 Å². The van der Waals surface area contributed by atoms with E-state index < -0.39 is 5.60 Å². The van der Waals surface area contributed by atoms with Gasteiger partial charge in [-0.05, 0) is 56.7 Å². The number of benzene rings is 2. The van der Waals surface area contributed by atoms with E-state index in [0.29, 0.717) is 48.6 Å².